The lowest BCUT2D eigenvalue weighted by molar-refractivity contribution is 1.20. The Labute approximate surface area is 111 Å². The van der Waals surface area contributed by atoms with Gasteiger partial charge in [0.2, 0.25) is 0 Å². The number of nitrogens with zero attached hydrogens (tertiary/aromatic N) is 2. The summed E-state index contributed by atoms with van der Waals surface area (Å²) in [5.74, 6) is 0.689. The summed E-state index contributed by atoms with van der Waals surface area (Å²) in [4.78, 5) is 6.89. The summed E-state index contributed by atoms with van der Waals surface area (Å²) in [5.41, 5.74) is 7.86. The van der Waals surface area contributed by atoms with Crippen LogP contribution in [0.4, 0.5) is 5.82 Å². The zero-order valence-corrected chi connectivity index (χ0v) is 11.5. The van der Waals surface area contributed by atoms with Crippen LogP contribution in [0.1, 0.15) is 4.88 Å². The van der Waals surface area contributed by atoms with Crippen molar-refractivity contribution < 1.29 is 0 Å². The average Bonchev–Trinajstić information content (AvgIpc) is 2.82. The van der Waals surface area contributed by atoms with Crippen molar-refractivity contribution in [3.05, 3.63) is 39.8 Å². The standard InChI is InChI=1S/C12H10BrN3S/c1-7-8(13)6-9(17-7)11-12(14)16-5-3-2-4-10(16)15-11/h2-6H,14H2,1H3. The van der Waals surface area contributed by atoms with Gasteiger partial charge < -0.3 is 5.73 Å². The summed E-state index contributed by atoms with van der Waals surface area (Å²) in [6.07, 6.45) is 1.93. The van der Waals surface area contributed by atoms with Crippen LogP contribution >= 0.6 is 27.3 Å². The van der Waals surface area contributed by atoms with Crippen molar-refractivity contribution in [2.45, 2.75) is 6.92 Å². The fourth-order valence-electron chi connectivity index (χ4n) is 1.77. The lowest BCUT2D eigenvalue weighted by atomic mass is 10.3. The smallest absolute Gasteiger partial charge is 0.139 e. The molecule has 0 spiro atoms. The molecule has 17 heavy (non-hydrogen) atoms. The van der Waals surface area contributed by atoms with Crippen LogP contribution in [0.25, 0.3) is 16.2 Å². The van der Waals surface area contributed by atoms with Gasteiger partial charge in [-0.3, -0.25) is 4.40 Å². The number of hydrogen-bond donors (Lipinski definition) is 1. The molecule has 0 aromatic carbocycles. The van der Waals surface area contributed by atoms with Gasteiger partial charge in [-0.25, -0.2) is 4.98 Å². The first kappa shape index (κ1) is 10.8. The normalized spacial score (nSPS) is 11.2. The van der Waals surface area contributed by atoms with E-state index in [2.05, 4.69) is 33.9 Å². The minimum Gasteiger partial charge on any atom is -0.383 e. The number of anilines is 1. The number of nitrogen functional groups attached to an aromatic ring is 1. The van der Waals surface area contributed by atoms with E-state index in [-0.39, 0.29) is 0 Å². The van der Waals surface area contributed by atoms with Gasteiger partial charge in [-0.1, -0.05) is 6.07 Å². The van der Waals surface area contributed by atoms with Gasteiger partial charge in [-0.2, -0.15) is 0 Å². The summed E-state index contributed by atoms with van der Waals surface area (Å²) in [6.45, 7) is 2.07. The van der Waals surface area contributed by atoms with Crippen molar-refractivity contribution in [1.29, 1.82) is 0 Å². The molecule has 0 aliphatic heterocycles. The van der Waals surface area contributed by atoms with E-state index < -0.39 is 0 Å². The van der Waals surface area contributed by atoms with E-state index >= 15 is 0 Å². The molecule has 3 aromatic heterocycles. The maximum atomic E-state index is 6.12. The first-order chi connectivity index (χ1) is 8.16. The molecule has 3 nitrogen and oxygen atoms in total. The fraction of sp³-hybridized carbons (Fsp3) is 0.0833. The van der Waals surface area contributed by atoms with Crippen LogP contribution in [-0.4, -0.2) is 9.38 Å². The summed E-state index contributed by atoms with van der Waals surface area (Å²) in [6, 6.07) is 7.93. The van der Waals surface area contributed by atoms with Gasteiger partial charge in [0, 0.05) is 15.5 Å². The van der Waals surface area contributed by atoms with E-state index in [0.717, 1.165) is 20.7 Å². The predicted molar refractivity (Wildman–Crippen MR) is 75.4 cm³/mol. The highest BCUT2D eigenvalue weighted by Gasteiger charge is 2.13. The SMILES string of the molecule is Cc1sc(-c2nc3ccccn3c2N)cc1Br. The molecule has 2 N–H and O–H groups in total. The van der Waals surface area contributed by atoms with Crippen molar-refractivity contribution in [3.8, 4) is 10.6 Å². The highest BCUT2D eigenvalue weighted by molar-refractivity contribution is 9.10. The summed E-state index contributed by atoms with van der Waals surface area (Å²) < 4.78 is 3.01. The van der Waals surface area contributed by atoms with E-state index in [0.29, 0.717) is 5.82 Å². The molecule has 0 aliphatic carbocycles. The van der Waals surface area contributed by atoms with E-state index in [4.69, 9.17) is 5.73 Å². The zero-order valence-electron chi connectivity index (χ0n) is 9.14. The van der Waals surface area contributed by atoms with E-state index in [1.54, 1.807) is 11.3 Å². The maximum absolute atomic E-state index is 6.12. The average molecular weight is 308 g/mol. The summed E-state index contributed by atoms with van der Waals surface area (Å²) in [7, 11) is 0. The molecule has 0 bridgehead atoms. The van der Waals surface area contributed by atoms with Gasteiger partial charge in [0.05, 0.1) is 4.88 Å². The van der Waals surface area contributed by atoms with Crippen molar-refractivity contribution in [3.63, 3.8) is 0 Å². The Morgan fingerprint density at radius 1 is 1.41 bits per heavy atom. The van der Waals surface area contributed by atoms with Crippen LogP contribution in [-0.2, 0) is 0 Å². The monoisotopic (exact) mass is 307 g/mol. The second-order valence-electron chi connectivity index (χ2n) is 3.79. The molecule has 0 saturated carbocycles. The predicted octanol–water partition coefficient (Wildman–Crippen LogP) is 3.72. The zero-order chi connectivity index (χ0) is 12.0. The van der Waals surface area contributed by atoms with Gasteiger partial charge in [-0.15, -0.1) is 11.3 Å². The Hall–Kier alpha value is -1.33. The first-order valence-electron chi connectivity index (χ1n) is 5.15. The minimum absolute atomic E-state index is 0.689. The van der Waals surface area contributed by atoms with Crippen molar-refractivity contribution in [1.82, 2.24) is 9.38 Å². The Kier molecular flexibility index (Phi) is 2.45. The number of pyridine rings is 1. The molecule has 86 valence electrons. The number of hydrogen-bond acceptors (Lipinski definition) is 3. The number of aromatic nitrogens is 2. The lowest BCUT2D eigenvalue weighted by Gasteiger charge is -1.95. The van der Waals surface area contributed by atoms with Crippen LogP contribution in [0.5, 0.6) is 0 Å². The molecule has 0 saturated heterocycles. The second-order valence-corrected chi connectivity index (χ2v) is 5.90. The quantitative estimate of drug-likeness (QED) is 0.744. The Bertz CT molecular complexity index is 679. The number of halogens is 1. The van der Waals surface area contributed by atoms with Gasteiger partial charge in [0.15, 0.2) is 0 Å². The van der Waals surface area contributed by atoms with Gasteiger partial charge in [0.1, 0.15) is 17.2 Å². The van der Waals surface area contributed by atoms with Crippen molar-refractivity contribution in [2.75, 3.05) is 5.73 Å². The molecule has 3 rings (SSSR count). The van der Waals surface area contributed by atoms with Crippen LogP contribution in [0.2, 0.25) is 0 Å². The molecule has 3 aromatic rings. The number of nitrogens with two attached hydrogens (primary N) is 1. The molecule has 0 amide bonds. The Morgan fingerprint density at radius 2 is 2.24 bits per heavy atom. The van der Waals surface area contributed by atoms with Crippen LogP contribution in [0.15, 0.2) is 34.9 Å². The molecule has 0 fully saturated rings. The highest BCUT2D eigenvalue weighted by atomic mass is 79.9. The highest BCUT2D eigenvalue weighted by Crippen LogP contribution is 2.36. The summed E-state index contributed by atoms with van der Waals surface area (Å²) >= 11 is 5.21. The molecule has 5 heteroatoms. The van der Waals surface area contributed by atoms with E-state index in [9.17, 15) is 0 Å². The molecule has 0 atom stereocenters. The number of imidazole rings is 1. The number of fused-ring (bicyclic) bond motifs is 1. The third kappa shape index (κ3) is 1.66. The molecular formula is C12H10BrN3S. The molecular weight excluding hydrogens is 298 g/mol. The summed E-state index contributed by atoms with van der Waals surface area (Å²) in [5, 5.41) is 0. The molecule has 3 heterocycles. The van der Waals surface area contributed by atoms with Crippen LogP contribution in [0, 0.1) is 6.92 Å². The fourth-order valence-corrected chi connectivity index (χ4v) is 3.31. The van der Waals surface area contributed by atoms with Crippen molar-refractivity contribution in [2.24, 2.45) is 0 Å². The van der Waals surface area contributed by atoms with Crippen LogP contribution in [0.3, 0.4) is 0 Å². The van der Waals surface area contributed by atoms with E-state index in [1.807, 2.05) is 28.8 Å². The van der Waals surface area contributed by atoms with Gasteiger partial charge in [-0.05, 0) is 41.1 Å². The van der Waals surface area contributed by atoms with E-state index in [1.165, 1.54) is 4.88 Å². The third-order valence-electron chi connectivity index (χ3n) is 2.66. The molecule has 0 radical (unpaired) electrons. The third-order valence-corrected chi connectivity index (χ3v) is 4.80. The number of aryl methyl sites for hydroxylation is 1. The lowest BCUT2D eigenvalue weighted by Crippen LogP contribution is -1.92. The largest absolute Gasteiger partial charge is 0.383 e. The van der Waals surface area contributed by atoms with Crippen LogP contribution < -0.4 is 5.73 Å². The topological polar surface area (TPSA) is 43.3 Å². The maximum Gasteiger partial charge on any atom is 0.139 e. The first-order valence-corrected chi connectivity index (χ1v) is 6.76. The molecule has 0 aliphatic rings. The second kappa shape index (κ2) is 3.85. The van der Waals surface area contributed by atoms with Crippen molar-refractivity contribution >= 4 is 38.7 Å². The number of thiophene rings is 1. The molecule has 0 unspecified atom stereocenters. The minimum atomic E-state index is 0.689. The number of rotatable bonds is 1. The van der Waals surface area contributed by atoms with Gasteiger partial charge >= 0.3 is 0 Å². The Morgan fingerprint density at radius 3 is 2.88 bits per heavy atom. The Balaban J connectivity index is 2.27. The van der Waals surface area contributed by atoms with Gasteiger partial charge in [0.25, 0.3) is 0 Å².